The first-order valence-corrected chi connectivity index (χ1v) is 8.79. The van der Waals surface area contributed by atoms with Crippen molar-refractivity contribution in [3.63, 3.8) is 0 Å². The summed E-state index contributed by atoms with van der Waals surface area (Å²) in [5.41, 5.74) is 3.28. The lowest BCUT2D eigenvalue weighted by Gasteiger charge is -2.47. The fourth-order valence-electron chi connectivity index (χ4n) is 3.51. The lowest BCUT2D eigenvalue weighted by atomic mass is 9.80. The van der Waals surface area contributed by atoms with E-state index in [4.69, 9.17) is 5.84 Å². The first-order chi connectivity index (χ1) is 9.68. The Labute approximate surface area is 128 Å². The highest BCUT2D eigenvalue weighted by atomic mass is 32.1. The molecule has 1 rings (SSSR count). The molecule has 1 atom stereocenters. The summed E-state index contributed by atoms with van der Waals surface area (Å²) >= 11 is 1.84. The number of nitrogens with two attached hydrogens (primary N) is 1. The molecular formula is C16H31N3S. The van der Waals surface area contributed by atoms with Crippen LogP contribution in [0, 0.1) is 0 Å². The molecule has 1 aromatic heterocycles. The van der Waals surface area contributed by atoms with Gasteiger partial charge in [-0.2, -0.15) is 0 Å². The van der Waals surface area contributed by atoms with Gasteiger partial charge in [0.1, 0.15) is 0 Å². The van der Waals surface area contributed by atoms with Gasteiger partial charge in [0.05, 0.1) is 0 Å². The van der Waals surface area contributed by atoms with E-state index >= 15 is 0 Å². The Morgan fingerprint density at radius 3 is 2.30 bits per heavy atom. The molecule has 4 heteroatoms. The molecule has 0 saturated heterocycles. The van der Waals surface area contributed by atoms with Gasteiger partial charge >= 0.3 is 0 Å². The molecule has 3 nitrogen and oxygen atoms in total. The van der Waals surface area contributed by atoms with Crippen LogP contribution < -0.4 is 11.3 Å². The van der Waals surface area contributed by atoms with Crippen molar-refractivity contribution in [1.29, 1.82) is 0 Å². The molecule has 0 radical (unpaired) electrons. The van der Waals surface area contributed by atoms with Crippen LogP contribution in [0.2, 0.25) is 0 Å². The van der Waals surface area contributed by atoms with Crippen LogP contribution in [0.5, 0.6) is 0 Å². The van der Waals surface area contributed by atoms with E-state index in [2.05, 4.69) is 55.5 Å². The number of nitrogens with one attached hydrogen (secondary N) is 1. The number of thiophene rings is 1. The molecule has 1 aromatic rings. The van der Waals surface area contributed by atoms with Crippen molar-refractivity contribution >= 4 is 11.3 Å². The van der Waals surface area contributed by atoms with Gasteiger partial charge < -0.3 is 0 Å². The largest absolute Gasteiger partial charge is 0.297 e. The summed E-state index contributed by atoms with van der Waals surface area (Å²) in [6, 6.07) is 4.68. The van der Waals surface area contributed by atoms with Gasteiger partial charge in [0.15, 0.2) is 0 Å². The second-order valence-electron chi connectivity index (χ2n) is 5.32. The van der Waals surface area contributed by atoms with Gasteiger partial charge in [0.25, 0.3) is 0 Å². The third kappa shape index (κ3) is 3.82. The summed E-state index contributed by atoms with van der Waals surface area (Å²) in [5, 5.41) is 2.15. The Kier molecular flexibility index (Phi) is 7.74. The molecule has 0 bridgehead atoms. The van der Waals surface area contributed by atoms with E-state index in [9.17, 15) is 0 Å². The molecule has 0 aliphatic heterocycles. The van der Waals surface area contributed by atoms with E-state index in [1.807, 2.05) is 11.3 Å². The van der Waals surface area contributed by atoms with Gasteiger partial charge in [-0.3, -0.25) is 16.2 Å². The Balaban J connectivity index is 2.84. The molecule has 0 spiro atoms. The molecule has 1 unspecified atom stereocenters. The fraction of sp³-hybridized carbons (Fsp3) is 0.750. The third-order valence-corrected chi connectivity index (χ3v) is 5.66. The van der Waals surface area contributed by atoms with Crippen LogP contribution in [0.3, 0.4) is 0 Å². The summed E-state index contributed by atoms with van der Waals surface area (Å²) in [4.78, 5) is 4.03. The maximum atomic E-state index is 5.92. The standard InChI is InChI=1S/C16H31N3S/c1-5-16(6-2,19(7-3)8-4)15(18-17)12-11-14-10-9-13-20-14/h9-10,13,15,18H,5-8,11-12,17H2,1-4H3. The smallest absolute Gasteiger partial charge is 0.0398 e. The number of likely N-dealkylation sites (N-methyl/N-ethyl adjacent to an activating group) is 1. The highest BCUT2D eigenvalue weighted by molar-refractivity contribution is 7.09. The molecule has 0 aliphatic carbocycles. The van der Waals surface area contributed by atoms with Gasteiger partial charge in [-0.05, 0) is 50.2 Å². The average Bonchev–Trinajstić information content (AvgIpc) is 3.00. The Bertz CT molecular complexity index is 343. The number of hydrogen-bond acceptors (Lipinski definition) is 4. The molecule has 0 fully saturated rings. The molecule has 116 valence electrons. The van der Waals surface area contributed by atoms with Gasteiger partial charge in [-0.15, -0.1) is 11.3 Å². The van der Waals surface area contributed by atoms with Gasteiger partial charge in [0, 0.05) is 16.5 Å². The van der Waals surface area contributed by atoms with Crippen LogP contribution in [-0.4, -0.2) is 29.6 Å². The SMILES string of the molecule is CCN(CC)C(CC)(CC)C(CCc1cccs1)NN. The first kappa shape index (κ1) is 17.6. The van der Waals surface area contributed by atoms with Crippen molar-refractivity contribution < 1.29 is 0 Å². The molecule has 0 aliphatic rings. The van der Waals surface area contributed by atoms with Gasteiger partial charge in [-0.1, -0.05) is 33.8 Å². The summed E-state index contributed by atoms with van der Waals surface area (Å²) in [6.45, 7) is 11.2. The molecule has 1 heterocycles. The van der Waals surface area contributed by atoms with E-state index in [1.165, 1.54) is 4.88 Å². The summed E-state index contributed by atoms with van der Waals surface area (Å²) in [6.07, 6.45) is 4.46. The summed E-state index contributed by atoms with van der Waals surface area (Å²) in [7, 11) is 0. The number of aryl methyl sites for hydroxylation is 1. The molecule has 0 amide bonds. The molecular weight excluding hydrogens is 266 g/mol. The highest BCUT2D eigenvalue weighted by Crippen LogP contribution is 2.30. The van der Waals surface area contributed by atoms with Crippen molar-refractivity contribution in [3.8, 4) is 0 Å². The number of rotatable bonds is 10. The Hall–Kier alpha value is -0.420. The van der Waals surface area contributed by atoms with Gasteiger partial charge in [-0.25, -0.2) is 0 Å². The molecule has 20 heavy (non-hydrogen) atoms. The maximum Gasteiger partial charge on any atom is 0.0398 e. The van der Waals surface area contributed by atoms with E-state index < -0.39 is 0 Å². The summed E-state index contributed by atoms with van der Waals surface area (Å²) < 4.78 is 0. The number of nitrogens with zero attached hydrogens (tertiary/aromatic N) is 1. The minimum Gasteiger partial charge on any atom is -0.297 e. The average molecular weight is 298 g/mol. The van der Waals surface area contributed by atoms with Crippen LogP contribution in [0.25, 0.3) is 0 Å². The quantitative estimate of drug-likeness (QED) is 0.513. The predicted octanol–water partition coefficient (Wildman–Crippen LogP) is 3.41. The molecule has 0 aromatic carbocycles. The summed E-state index contributed by atoms with van der Waals surface area (Å²) in [5.74, 6) is 5.92. The van der Waals surface area contributed by atoms with Crippen molar-refractivity contribution in [2.75, 3.05) is 13.1 Å². The van der Waals surface area contributed by atoms with Gasteiger partial charge in [0.2, 0.25) is 0 Å². The second-order valence-corrected chi connectivity index (χ2v) is 6.35. The minimum absolute atomic E-state index is 0.162. The predicted molar refractivity (Wildman–Crippen MR) is 90.0 cm³/mol. The molecule has 3 N–H and O–H groups in total. The zero-order valence-electron chi connectivity index (χ0n) is 13.5. The normalized spacial score (nSPS) is 13.9. The lowest BCUT2D eigenvalue weighted by Crippen LogP contribution is -2.62. The van der Waals surface area contributed by atoms with Crippen molar-refractivity contribution in [2.45, 2.75) is 65.0 Å². The highest BCUT2D eigenvalue weighted by Gasteiger charge is 2.39. The topological polar surface area (TPSA) is 41.3 Å². The van der Waals surface area contributed by atoms with E-state index in [0.29, 0.717) is 6.04 Å². The van der Waals surface area contributed by atoms with Crippen LogP contribution in [-0.2, 0) is 6.42 Å². The number of hydrazine groups is 1. The van der Waals surface area contributed by atoms with Crippen molar-refractivity contribution in [2.24, 2.45) is 5.84 Å². The Morgan fingerprint density at radius 2 is 1.90 bits per heavy atom. The minimum atomic E-state index is 0.162. The van der Waals surface area contributed by atoms with E-state index in [1.54, 1.807) is 0 Å². The van der Waals surface area contributed by atoms with Crippen LogP contribution in [0.4, 0.5) is 0 Å². The Morgan fingerprint density at radius 1 is 1.25 bits per heavy atom. The number of hydrogen-bond donors (Lipinski definition) is 2. The van der Waals surface area contributed by atoms with Crippen molar-refractivity contribution in [3.05, 3.63) is 22.4 Å². The fourth-order valence-corrected chi connectivity index (χ4v) is 4.24. The molecule has 0 saturated carbocycles. The zero-order chi connectivity index (χ0) is 15.0. The lowest BCUT2D eigenvalue weighted by molar-refractivity contribution is 0.0462. The van der Waals surface area contributed by atoms with E-state index in [0.717, 1.165) is 38.8 Å². The second kappa shape index (κ2) is 8.78. The monoisotopic (exact) mass is 297 g/mol. The zero-order valence-corrected chi connectivity index (χ0v) is 14.3. The van der Waals surface area contributed by atoms with Crippen LogP contribution >= 0.6 is 11.3 Å². The van der Waals surface area contributed by atoms with Crippen LogP contribution in [0.15, 0.2) is 17.5 Å². The third-order valence-electron chi connectivity index (χ3n) is 4.73. The first-order valence-electron chi connectivity index (χ1n) is 7.91. The van der Waals surface area contributed by atoms with Crippen LogP contribution in [0.1, 0.15) is 51.8 Å². The van der Waals surface area contributed by atoms with E-state index in [-0.39, 0.29) is 5.54 Å². The van der Waals surface area contributed by atoms with Crippen molar-refractivity contribution in [1.82, 2.24) is 10.3 Å². The maximum absolute atomic E-state index is 5.92.